The van der Waals surface area contributed by atoms with Crippen LogP contribution in [0.4, 0.5) is 0 Å². The third-order valence-corrected chi connectivity index (χ3v) is 3.77. The third-order valence-electron chi connectivity index (χ3n) is 3.54. The van der Waals surface area contributed by atoms with Crippen molar-refractivity contribution >= 4 is 23.1 Å². The van der Waals surface area contributed by atoms with Crippen molar-refractivity contribution in [3.8, 4) is 0 Å². The maximum Gasteiger partial charge on any atom is 0.236 e. The second-order valence-electron chi connectivity index (χ2n) is 5.28. The van der Waals surface area contributed by atoms with E-state index >= 15 is 0 Å². The van der Waals surface area contributed by atoms with Gasteiger partial charge in [-0.1, -0.05) is 69.2 Å². The van der Waals surface area contributed by atoms with Gasteiger partial charge in [0.25, 0.3) is 0 Å². The van der Waals surface area contributed by atoms with Crippen LogP contribution in [0.25, 0.3) is 0 Å². The fourth-order valence-electron chi connectivity index (χ4n) is 2.29. The van der Waals surface area contributed by atoms with Crippen LogP contribution in [0.5, 0.6) is 0 Å². The van der Waals surface area contributed by atoms with E-state index in [4.69, 9.17) is 18.0 Å². The fraction of sp³-hybridized carbons (Fsp3) is 0.529. The molecule has 0 radical (unpaired) electrons. The van der Waals surface area contributed by atoms with E-state index in [1.165, 1.54) is 0 Å². The van der Waals surface area contributed by atoms with Crippen LogP contribution in [0.15, 0.2) is 30.3 Å². The molecule has 0 saturated heterocycles. The summed E-state index contributed by atoms with van der Waals surface area (Å²) in [4.78, 5) is 15.0. The molecular weight excluding hydrogens is 280 g/mol. The van der Waals surface area contributed by atoms with Crippen molar-refractivity contribution in [1.29, 1.82) is 0 Å². The van der Waals surface area contributed by atoms with Gasteiger partial charge in [-0.2, -0.15) is 0 Å². The Bertz CT molecular complexity index is 439. The Kier molecular flexibility index (Phi) is 7.98. The van der Waals surface area contributed by atoms with Crippen LogP contribution in [0.2, 0.25) is 0 Å². The number of nitrogens with two attached hydrogens (primary N) is 1. The van der Waals surface area contributed by atoms with Crippen LogP contribution in [0, 0.1) is 0 Å². The van der Waals surface area contributed by atoms with E-state index in [2.05, 4.69) is 13.8 Å². The molecule has 0 saturated carbocycles. The first kappa shape index (κ1) is 17.6. The molecule has 0 aliphatic rings. The fourth-order valence-corrected chi connectivity index (χ4v) is 2.52. The van der Waals surface area contributed by atoms with Gasteiger partial charge < -0.3 is 10.6 Å². The van der Waals surface area contributed by atoms with Crippen molar-refractivity contribution in [3.05, 3.63) is 35.9 Å². The highest BCUT2D eigenvalue weighted by molar-refractivity contribution is 7.80. The lowest BCUT2D eigenvalue weighted by atomic mass is 9.97. The van der Waals surface area contributed by atoms with Gasteiger partial charge in [-0.15, -0.1) is 0 Å². The molecular formula is C17H26N2OS. The van der Waals surface area contributed by atoms with E-state index in [1.54, 1.807) is 0 Å². The first-order valence-corrected chi connectivity index (χ1v) is 8.15. The summed E-state index contributed by atoms with van der Waals surface area (Å²) in [5.41, 5.74) is 6.73. The molecule has 0 bridgehead atoms. The number of benzene rings is 1. The van der Waals surface area contributed by atoms with Crippen molar-refractivity contribution in [2.75, 3.05) is 13.1 Å². The Hall–Kier alpha value is -1.42. The van der Waals surface area contributed by atoms with Crippen LogP contribution in [-0.4, -0.2) is 28.9 Å². The molecule has 1 unspecified atom stereocenters. The summed E-state index contributed by atoms with van der Waals surface area (Å²) < 4.78 is 0. The Balaban J connectivity index is 2.93. The van der Waals surface area contributed by atoms with E-state index in [0.29, 0.717) is 0 Å². The Labute approximate surface area is 133 Å². The molecule has 0 spiro atoms. The monoisotopic (exact) mass is 306 g/mol. The minimum absolute atomic E-state index is 0.0376. The predicted octanol–water partition coefficient (Wildman–Crippen LogP) is 3.49. The molecule has 0 aliphatic carbocycles. The third kappa shape index (κ3) is 5.46. The van der Waals surface area contributed by atoms with E-state index in [1.807, 2.05) is 35.2 Å². The maximum absolute atomic E-state index is 12.9. The molecule has 1 rings (SSSR count). The highest BCUT2D eigenvalue weighted by atomic mass is 32.1. The van der Waals surface area contributed by atoms with Crippen molar-refractivity contribution < 1.29 is 4.79 Å². The van der Waals surface area contributed by atoms with Gasteiger partial charge in [0.1, 0.15) is 5.92 Å². The van der Waals surface area contributed by atoms with Crippen LogP contribution in [0.1, 0.15) is 51.0 Å². The summed E-state index contributed by atoms with van der Waals surface area (Å²) >= 11 is 5.15. The van der Waals surface area contributed by atoms with Gasteiger partial charge in [0.2, 0.25) is 5.91 Å². The molecule has 116 valence electrons. The smallest absolute Gasteiger partial charge is 0.236 e. The zero-order chi connectivity index (χ0) is 15.7. The number of unbranched alkanes of at least 4 members (excludes halogenated alkanes) is 2. The average Bonchev–Trinajstić information content (AvgIpc) is 2.48. The van der Waals surface area contributed by atoms with E-state index in [9.17, 15) is 4.79 Å². The zero-order valence-corrected chi connectivity index (χ0v) is 13.9. The normalized spacial score (nSPS) is 11.9. The lowest BCUT2D eigenvalue weighted by Crippen LogP contribution is -2.41. The van der Waals surface area contributed by atoms with Gasteiger partial charge >= 0.3 is 0 Å². The molecule has 21 heavy (non-hydrogen) atoms. The van der Waals surface area contributed by atoms with Crippen LogP contribution >= 0.6 is 12.2 Å². The van der Waals surface area contributed by atoms with Gasteiger partial charge in [-0.3, -0.25) is 4.79 Å². The van der Waals surface area contributed by atoms with E-state index in [-0.39, 0.29) is 10.9 Å². The molecule has 0 aromatic heterocycles. The molecule has 0 heterocycles. The van der Waals surface area contributed by atoms with Gasteiger partial charge in [-0.05, 0) is 18.4 Å². The number of thiocarbonyl (C=S) groups is 1. The lowest BCUT2D eigenvalue weighted by molar-refractivity contribution is -0.131. The molecule has 3 nitrogen and oxygen atoms in total. The molecule has 1 aromatic carbocycles. The summed E-state index contributed by atoms with van der Waals surface area (Å²) in [7, 11) is 0. The van der Waals surface area contributed by atoms with Gasteiger partial charge in [0.05, 0.1) is 4.99 Å². The Morgan fingerprint density at radius 3 is 2.10 bits per heavy atom. The van der Waals surface area contributed by atoms with Gasteiger partial charge in [0, 0.05) is 13.1 Å². The minimum atomic E-state index is -0.505. The summed E-state index contributed by atoms with van der Waals surface area (Å²) in [6, 6.07) is 9.59. The van der Waals surface area contributed by atoms with Crippen molar-refractivity contribution in [3.63, 3.8) is 0 Å². The largest absolute Gasteiger partial charge is 0.392 e. The molecule has 0 fully saturated rings. The van der Waals surface area contributed by atoms with Gasteiger partial charge in [-0.25, -0.2) is 0 Å². The number of hydrogen-bond donors (Lipinski definition) is 1. The SMILES string of the molecule is CCCCN(CCCC)C(=O)C(C(N)=S)c1ccccc1. The van der Waals surface area contributed by atoms with Crippen LogP contribution in [-0.2, 0) is 4.79 Å². The highest BCUT2D eigenvalue weighted by Crippen LogP contribution is 2.20. The Morgan fingerprint density at radius 2 is 1.67 bits per heavy atom. The van der Waals surface area contributed by atoms with E-state index in [0.717, 1.165) is 44.3 Å². The molecule has 1 amide bonds. The summed E-state index contributed by atoms with van der Waals surface area (Å²) in [5, 5.41) is 0. The number of carbonyl (C=O) groups excluding carboxylic acids is 1. The van der Waals surface area contributed by atoms with Crippen molar-refractivity contribution in [2.45, 2.75) is 45.4 Å². The van der Waals surface area contributed by atoms with Crippen LogP contribution in [0.3, 0.4) is 0 Å². The molecule has 0 aliphatic heterocycles. The molecule has 4 heteroatoms. The van der Waals surface area contributed by atoms with Crippen molar-refractivity contribution in [2.24, 2.45) is 5.73 Å². The highest BCUT2D eigenvalue weighted by Gasteiger charge is 2.27. The number of carbonyl (C=O) groups is 1. The lowest BCUT2D eigenvalue weighted by Gasteiger charge is -2.27. The number of hydrogen-bond acceptors (Lipinski definition) is 2. The Morgan fingerprint density at radius 1 is 1.14 bits per heavy atom. The second kappa shape index (κ2) is 9.50. The summed E-state index contributed by atoms with van der Waals surface area (Å²) in [5.74, 6) is -0.467. The quantitative estimate of drug-likeness (QED) is 0.710. The minimum Gasteiger partial charge on any atom is -0.392 e. The van der Waals surface area contributed by atoms with Gasteiger partial charge in [0.15, 0.2) is 0 Å². The molecule has 1 aromatic rings. The summed E-state index contributed by atoms with van der Waals surface area (Å²) in [6.07, 6.45) is 4.15. The zero-order valence-electron chi connectivity index (χ0n) is 13.0. The number of amides is 1. The van der Waals surface area contributed by atoms with Crippen molar-refractivity contribution in [1.82, 2.24) is 4.90 Å². The maximum atomic E-state index is 12.9. The van der Waals surface area contributed by atoms with Crippen LogP contribution < -0.4 is 5.73 Å². The number of rotatable bonds is 9. The topological polar surface area (TPSA) is 46.3 Å². The first-order chi connectivity index (χ1) is 10.1. The first-order valence-electron chi connectivity index (χ1n) is 7.74. The summed E-state index contributed by atoms with van der Waals surface area (Å²) in [6.45, 7) is 5.82. The standard InChI is InChI=1S/C17H26N2OS/c1-3-5-12-19(13-6-4-2)17(20)15(16(18)21)14-10-8-7-9-11-14/h7-11,15H,3-6,12-13H2,1-2H3,(H2,18,21). The second-order valence-corrected chi connectivity index (χ2v) is 5.75. The average molecular weight is 306 g/mol. The van der Waals surface area contributed by atoms with E-state index < -0.39 is 5.92 Å². The predicted molar refractivity (Wildman–Crippen MR) is 92.4 cm³/mol. The number of nitrogens with zero attached hydrogens (tertiary/aromatic N) is 1. The molecule has 1 atom stereocenters. The molecule has 2 N–H and O–H groups in total.